The molecule has 1 aliphatic heterocycles. The summed E-state index contributed by atoms with van der Waals surface area (Å²) in [5.74, 6) is -1.02. The number of carbonyl (C=O) groups excluding carboxylic acids is 4. The van der Waals surface area contributed by atoms with Crippen molar-refractivity contribution in [3.8, 4) is 11.5 Å². The summed E-state index contributed by atoms with van der Waals surface area (Å²) >= 11 is 3.51. The molecule has 0 aromatic heterocycles. The molecule has 0 saturated heterocycles. The molecule has 11 nitrogen and oxygen atoms in total. The van der Waals surface area contributed by atoms with Crippen molar-refractivity contribution < 1.29 is 38.1 Å². The highest BCUT2D eigenvalue weighted by Crippen LogP contribution is 2.39. The van der Waals surface area contributed by atoms with Gasteiger partial charge in [-0.25, -0.2) is 9.59 Å². The molecular weight excluding hydrogens is 634 g/mol. The van der Waals surface area contributed by atoms with Gasteiger partial charge < -0.3 is 29.2 Å². The van der Waals surface area contributed by atoms with Crippen molar-refractivity contribution in [2.24, 2.45) is 0 Å². The SMILES string of the molecule is COC(=O)c1cccc2c1OCC(NC(=O)[C@H](C)N(C)C(=O)OC(C)(C)C)C(=O)N2Cc1c(OC)ccc2cc(Br)ccc12. The minimum absolute atomic E-state index is 0.0295. The molecule has 0 saturated carbocycles. The van der Waals surface area contributed by atoms with E-state index in [0.29, 0.717) is 17.0 Å². The van der Waals surface area contributed by atoms with Gasteiger partial charge in [0.15, 0.2) is 5.75 Å². The molecule has 1 heterocycles. The van der Waals surface area contributed by atoms with E-state index in [1.54, 1.807) is 46.1 Å². The fourth-order valence-electron chi connectivity index (χ4n) is 4.79. The van der Waals surface area contributed by atoms with Crippen LogP contribution in [-0.2, 0) is 25.6 Å². The van der Waals surface area contributed by atoms with E-state index < -0.39 is 41.6 Å². The minimum Gasteiger partial charge on any atom is -0.496 e. The Bertz CT molecular complexity index is 1600. The predicted molar refractivity (Wildman–Crippen MR) is 168 cm³/mol. The summed E-state index contributed by atoms with van der Waals surface area (Å²) in [5.41, 5.74) is 0.409. The van der Waals surface area contributed by atoms with E-state index in [9.17, 15) is 19.2 Å². The first-order valence-corrected chi connectivity index (χ1v) is 14.7. The molecule has 0 spiro atoms. The number of methoxy groups -OCH3 is 2. The number of hydrogen-bond acceptors (Lipinski definition) is 8. The first-order valence-electron chi connectivity index (χ1n) is 13.9. The van der Waals surface area contributed by atoms with Gasteiger partial charge in [0.25, 0.3) is 5.91 Å². The van der Waals surface area contributed by atoms with Gasteiger partial charge in [0, 0.05) is 17.1 Å². The number of likely N-dealkylation sites (N-methyl/N-ethyl adjacent to an activating group) is 1. The molecule has 234 valence electrons. The van der Waals surface area contributed by atoms with Crippen LogP contribution >= 0.6 is 15.9 Å². The van der Waals surface area contributed by atoms with Crippen molar-refractivity contribution in [1.29, 1.82) is 0 Å². The van der Waals surface area contributed by atoms with Gasteiger partial charge in [-0.05, 0) is 68.8 Å². The zero-order valence-electron chi connectivity index (χ0n) is 25.7. The van der Waals surface area contributed by atoms with Crippen molar-refractivity contribution in [1.82, 2.24) is 10.2 Å². The van der Waals surface area contributed by atoms with Crippen LogP contribution in [0, 0.1) is 0 Å². The second-order valence-electron chi connectivity index (χ2n) is 11.3. The number of hydrogen-bond donors (Lipinski definition) is 1. The highest BCUT2D eigenvalue weighted by atomic mass is 79.9. The van der Waals surface area contributed by atoms with Crippen LogP contribution in [0.5, 0.6) is 11.5 Å². The number of ether oxygens (including phenoxy) is 4. The largest absolute Gasteiger partial charge is 0.496 e. The minimum atomic E-state index is -1.16. The molecular formula is C32H36BrN3O8. The normalized spacial score (nSPS) is 15.4. The predicted octanol–water partition coefficient (Wildman–Crippen LogP) is 5.06. The van der Waals surface area contributed by atoms with Crippen LogP contribution in [0.2, 0.25) is 0 Å². The van der Waals surface area contributed by atoms with Crippen LogP contribution in [-0.4, -0.2) is 74.3 Å². The maximum absolute atomic E-state index is 14.3. The lowest BCUT2D eigenvalue weighted by Crippen LogP contribution is -2.55. The Morgan fingerprint density at radius 2 is 1.86 bits per heavy atom. The molecule has 44 heavy (non-hydrogen) atoms. The summed E-state index contributed by atoms with van der Waals surface area (Å²) in [5, 5.41) is 4.50. The summed E-state index contributed by atoms with van der Waals surface area (Å²) in [6, 6.07) is 12.2. The van der Waals surface area contributed by atoms with Crippen molar-refractivity contribution in [2.45, 2.75) is 51.9 Å². The van der Waals surface area contributed by atoms with Crippen LogP contribution < -0.4 is 19.7 Å². The third-order valence-electron chi connectivity index (χ3n) is 7.19. The summed E-state index contributed by atoms with van der Waals surface area (Å²) in [6.45, 7) is 6.46. The van der Waals surface area contributed by atoms with Gasteiger partial charge in [0.2, 0.25) is 5.91 Å². The lowest BCUT2D eigenvalue weighted by molar-refractivity contribution is -0.130. The number of rotatable bonds is 7. The van der Waals surface area contributed by atoms with Gasteiger partial charge in [-0.3, -0.25) is 14.5 Å². The number of fused-ring (bicyclic) bond motifs is 2. The van der Waals surface area contributed by atoms with Crippen molar-refractivity contribution in [3.63, 3.8) is 0 Å². The molecule has 4 rings (SSSR count). The van der Waals surface area contributed by atoms with E-state index >= 15 is 0 Å². The summed E-state index contributed by atoms with van der Waals surface area (Å²) in [4.78, 5) is 55.5. The van der Waals surface area contributed by atoms with Gasteiger partial charge in [-0.15, -0.1) is 0 Å². The van der Waals surface area contributed by atoms with E-state index in [2.05, 4.69) is 21.2 Å². The van der Waals surface area contributed by atoms with Crippen LogP contribution in [0.25, 0.3) is 10.8 Å². The second kappa shape index (κ2) is 13.1. The second-order valence-corrected chi connectivity index (χ2v) is 12.2. The van der Waals surface area contributed by atoms with E-state index in [0.717, 1.165) is 20.1 Å². The van der Waals surface area contributed by atoms with Crippen molar-refractivity contribution in [3.05, 3.63) is 64.1 Å². The molecule has 12 heteroatoms. The van der Waals surface area contributed by atoms with Gasteiger partial charge in [0.05, 0.1) is 26.5 Å². The quantitative estimate of drug-likeness (QED) is 0.346. The third kappa shape index (κ3) is 6.91. The zero-order chi connectivity index (χ0) is 32.3. The Labute approximate surface area is 264 Å². The van der Waals surface area contributed by atoms with Gasteiger partial charge in [-0.1, -0.05) is 34.1 Å². The Kier molecular flexibility index (Phi) is 9.72. The maximum Gasteiger partial charge on any atom is 0.410 e. The molecule has 3 aromatic rings. The van der Waals surface area contributed by atoms with Gasteiger partial charge in [0.1, 0.15) is 35.6 Å². The topological polar surface area (TPSA) is 124 Å². The number of para-hydroxylation sites is 1. The number of benzene rings is 3. The highest BCUT2D eigenvalue weighted by molar-refractivity contribution is 9.10. The fraction of sp³-hybridized carbons (Fsp3) is 0.375. The summed E-state index contributed by atoms with van der Waals surface area (Å²) < 4.78 is 23.0. The molecule has 1 unspecified atom stereocenters. The number of nitrogens with zero attached hydrogens (tertiary/aromatic N) is 2. The highest BCUT2D eigenvalue weighted by Gasteiger charge is 2.37. The average molecular weight is 671 g/mol. The van der Waals surface area contributed by atoms with E-state index in [1.807, 2.05) is 30.3 Å². The van der Waals surface area contributed by atoms with E-state index in [-0.39, 0.29) is 24.5 Å². The van der Waals surface area contributed by atoms with Gasteiger partial charge in [-0.2, -0.15) is 0 Å². The van der Waals surface area contributed by atoms with Crippen LogP contribution in [0.1, 0.15) is 43.6 Å². The molecule has 3 aromatic carbocycles. The van der Waals surface area contributed by atoms with Gasteiger partial charge >= 0.3 is 12.1 Å². The maximum atomic E-state index is 14.3. The Hall–Kier alpha value is -4.32. The zero-order valence-corrected chi connectivity index (χ0v) is 27.3. The molecule has 0 radical (unpaired) electrons. The third-order valence-corrected chi connectivity index (χ3v) is 7.69. The summed E-state index contributed by atoms with van der Waals surface area (Å²) in [6.07, 6.45) is -0.685. The number of anilines is 1. The number of amides is 3. The first-order chi connectivity index (χ1) is 20.7. The summed E-state index contributed by atoms with van der Waals surface area (Å²) in [7, 11) is 4.25. The molecule has 3 amide bonds. The Morgan fingerprint density at radius 1 is 1.14 bits per heavy atom. The van der Waals surface area contributed by atoms with Crippen molar-refractivity contribution in [2.75, 3.05) is 32.8 Å². The first kappa shape index (κ1) is 32.6. The number of carbonyl (C=O) groups is 4. The van der Waals surface area contributed by atoms with Crippen LogP contribution in [0.3, 0.4) is 0 Å². The smallest absolute Gasteiger partial charge is 0.410 e. The molecule has 0 bridgehead atoms. The fourth-order valence-corrected chi connectivity index (χ4v) is 5.17. The lowest BCUT2D eigenvalue weighted by Gasteiger charge is -2.30. The lowest BCUT2D eigenvalue weighted by atomic mass is 10.0. The number of nitrogens with one attached hydrogen (secondary N) is 1. The molecule has 1 aliphatic rings. The van der Waals surface area contributed by atoms with Crippen LogP contribution in [0.15, 0.2) is 53.0 Å². The Morgan fingerprint density at radius 3 is 2.52 bits per heavy atom. The number of esters is 1. The number of halogens is 1. The van der Waals surface area contributed by atoms with Crippen LogP contribution in [0.4, 0.5) is 10.5 Å². The monoisotopic (exact) mass is 669 g/mol. The molecule has 1 N–H and O–H groups in total. The van der Waals surface area contributed by atoms with Crippen molar-refractivity contribution >= 4 is 56.3 Å². The van der Waals surface area contributed by atoms with E-state index in [4.69, 9.17) is 18.9 Å². The molecule has 0 fully saturated rings. The average Bonchev–Trinajstić information content (AvgIpc) is 3.11. The standard InChI is InChI=1S/C32H36BrN3O8/c1-18(35(5)31(40)44-32(2,3)4)28(37)34-24-17-43-27-22(30(39)42-7)9-8-10-25(27)36(29(24)38)16-23-21-13-12-20(33)15-19(21)11-14-26(23)41-6/h8-15,18,24H,16-17H2,1-7H3,(H,34,37)/t18-,24?/m0/s1. The molecule has 0 aliphatic carbocycles. The Balaban J connectivity index is 1.74. The molecule has 2 atom stereocenters. The van der Waals surface area contributed by atoms with E-state index in [1.165, 1.54) is 26.0 Å².